The van der Waals surface area contributed by atoms with Crippen LogP contribution < -0.4 is 0 Å². The van der Waals surface area contributed by atoms with Gasteiger partial charge in [-0.1, -0.05) is 18.7 Å². The van der Waals surface area contributed by atoms with Crippen LogP contribution in [0.25, 0.3) is 0 Å². The van der Waals surface area contributed by atoms with Crippen LogP contribution in [0.2, 0.25) is 0 Å². The highest BCUT2D eigenvalue weighted by atomic mass is 16.3. The molecule has 0 fully saturated rings. The topological polar surface area (TPSA) is 37.3 Å². The van der Waals surface area contributed by atoms with Gasteiger partial charge in [-0.25, -0.2) is 0 Å². The van der Waals surface area contributed by atoms with Gasteiger partial charge in [0.25, 0.3) is 0 Å². The fraction of sp³-hybridized carbons (Fsp3) is 0.125. The molecule has 0 heterocycles. The zero-order chi connectivity index (χ0) is 7.98. The van der Waals surface area contributed by atoms with Crippen molar-refractivity contribution in [1.82, 2.24) is 0 Å². The molecule has 0 spiro atoms. The second-order valence-electron chi connectivity index (χ2n) is 1.72. The fourth-order valence-corrected chi connectivity index (χ4v) is 0.355. The van der Waals surface area contributed by atoms with Gasteiger partial charge in [-0.15, -0.1) is 0 Å². The Hall–Kier alpha value is -1.31. The van der Waals surface area contributed by atoms with Crippen LogP contribution in [0.15, 0.2) is 36.1 Å². The summed E-state index contributed by atoms with van der Waals surface area (Å²) < 4.78 is 0. The zero-order valence-corrected chi connectivity index (χ0v) is 5.87. The third-order valence-corrected chi connectivity index (χ3v) is 0.918. The van der Waals surface area contributed by atoms with Crippen LogP contribution >= 0.6 is 0 Å². The van der Waals surface area contributed by atoms with E-state index in [1.54, 1.807) is 12.2 Å². The summed E-state index contributed by atoms with van der Waals surface area (Å²) >= 11 is 0. The molecule has 0 aliphatic heterocycles. The molecule has 0 amide bonds. The summed E-state index contributed by atoms with van der Waals surface area (Å²) in [7, 11) is 0. The van der Waals surface area contributed by atoms with Gasteiger partial charge in [0.1, 0.15) is 5.76 Å². The van der Waals surface area contributed by atoms with Crippen LogP contribution in [0.3, 0.4) is 0 Å². The lowest BCUT2D eigenvalue weighted by Gasteiger charge is -1.91. The molecule has 10 heavy (non-hydrogen) atoms. The maximum absolute atomic E-state index is 9.98. The van der Waals surface area contributed by atoms with E-state index < -0.39 is 0 Å². The molecule has 0 aromatic rings. The number of hydrogen-bond acceptors (Lipinski definition) is 2. The first-order valence-corrected chi connectivity index (χ1v) is 2.88. The maximum atomic E-state index is 9.98. The average Bonchev–Trinajstić information content (AvgIpc) is 1.98. The molecule has 0 atom stereocenters. The molecule has 0 aromatic heterocycles. The van der Waals surface area contributed by atoms with Crippen molar-refractivity contribution < 1.29 is 9.90 Å². The smallest absolute Gasteiger partial charge is 0.153 e. The van der Waals surface area contributed by atoms with E-state index >= 15 is 0 Å². The van der Waals surface area contributed by atoms with E-state index in [1.807, 2.05) is 6.92 Å². The fourth-order valence-electron chi connectivity index (χ4n) is 0.355. The maximum Gasteiger partial charge on any atom is 0.153 e. The van der Waals surface area contributed by atoms with Gasteiger partial charge in [-0.05, 0) is 13.0 Å². The van der Waals surface area contributed by atoms with Gasteiger partial charge in [0.15, 0.2) is 6.29 Å². The van der Waals surface area contributed by atoms with Crippen molar-refractivity contribution in [2.24, 2.45) is 0 Å². The van der Waals surface area contributed by atoms with E-state index in [4.69, 9.17) is 5.11 Å². The summed E-state index contributed by atoms with van der Waals surface area (Å²) in [4.78, 5) is 9.98. The van der Waals surface area contributed by atoms with Crippen molar-refractivity contribution in [2.45, 2.75) is 6.92 Å². The predicted molar refractivity (Wildman–Crippen MR) is 40.7 cm³/mol. The molecular formula is C8H10O2. The second kappa shape index (κ2) is 4.56. The predicted octanol–water partition coefficient (Wildman–Crippen LogP) is 1.76. The van der Waals surface area contributed by atoms with Crippen LogP contribution in [0, 0.1) is 0 Å². The van der Waals surface area contributed by atoms with Gasteiger partial charge in [-0.2, -0.15) is 0 Å². The second-order valence-corrected chi connectivity index (χ2v) is 1.72. The van der Waals surface area contributed by atoms with Crippen molar-refractivity contribution >= 4 is 6.29 Å². The SMILES string of the molecule is C=C(C=O)/C(O)=C\C=C/C. The first-order valence-electron chi connectivity index (χ1n) is 2.88. The lowest BCUT2D eigenvalue weighted by molar-refractivity contribution is -0.104. The molecule has 54 valence electrons. The molecule has 0 saturated carbocycles. The molecule has 0 rings (SSSR count). The summed E-state index contributed by atoms with van der Waals surface area (Å²) in [6, 6.07) is 0. The number of carbonyl (C=O) groups excluding carboxylic acids is 1. The third kappa shape index (κ3) is 2.87. The number of aliphatic hydroxyl groups excluding tert-OH is 1. The molecule has 0 aliphatic carbocycles. The third-order valence-electron chi connectivity index (χ3n) is 0.918. The number of carbonyl (C=O) groups is 1. The standard InChI is InChI=1S/C8H10O2/c1-3-4-5-8(10)7(2)6-9/h3-6,10H,2H2,1H3/b4-3-,8-5+. The molecule has 2 nitrogen and oxygen atoms in total. The van der Waals surface area contributed by atoms with Crippen molar-refractivity contribution in [3.63, 3.8) is 0 Å². The Balaban J connectivity index is 4.18. The molecule has 0 aromatic carbocycles. The van der Waals surface area contributed by atoms with Crippen molar-refractivity contribution in [1.29, 1.82) is 0 Å². The van der Waals surface area contributed by atoms with Gasteiger partial charge >= 0.3 is 0 Å². The largest absolute Gasteiger partial charge is 0.507 e. The Labute approximate surface area is 60.2 Å². The van der Waals surface area contributed by atoms with Gasteiger partial charge in [-0.3, -0.25) is 4.79 Å². The molecule has 0 aliphatic rings. The van der Waals surface area contributed by atoms with Gasteiger partial charge in [0.2, 0.25) is 0 Å². The quantitative estimate of drug-likeness (QED) is 0.279. The molecule has 0 bridgehead atoms. The van der Waals surface area contributed by atoms with E-state index in [2.05, 4.69) is 6.58 Å². The summed E-state index contributed by atoms with van der Waals surface area (Å²) in [5, 5.41) is 8.93. The Morgan fingerprint density at radius 1 is 1.60 bits per heavy atom. The van der Waals surface area contributed by atoms with E-state index in [0.29, 0.717) is 6.29 Å². The highest BCUT2D eigenvalue weighted by molar-refractivity contribution is 5.77. The number of aldehydes is 1. The minimum atomic E-state index is -0.0897. The first-order chi connectivity index (χ1) is 4.72. The van der Waals surface area contributed by atoms with Crippen LogP contribution in [0.5, 0.6) is 0 Å². The van der Waals surface area contributed by atoms with E-state index in [1.165, 1.54) is 6.08 Å². The van der Waals surface area contributed by atoms with Gasteiger partial charge < -0.3 is 5.11 Å². The molecular weight excluding hydrogens is 128 g/mol. The normalized spacial score (nSPS) is 11.9. The van der Waals surface area contributed by atoms with Crippen molar-refractivity contribution in [3.8, 4) is 0 Å². The van der Waals surface area contributed by atoms with Crippen LogP contribution in [-0.2, 0) is 4.79 Å². The van der Waals surface area contributed by atoms with Crippen molar-refractivity contribution in [2.75, 3.05) is 0 Å². The average molecular weight is 138 g/mol. The van der Waals surface area contributed by atoms with Gasteiger partial charge in [0.05, 0.1) is 0 Å². The van der Waals surface area contributed by atoms with Crippen LogP contribution in [0.1, 0.15) is 6.92 Å². The van der Waals surface area contributed by atoms with Gasteiger partial charge in [0, 0.05) is 5.57 Å². The highest BCUT2D eigenvalue weighted by Crippen LogP contribution is 1.99. The molecule has 1 N–H and O–H groups in total. The van der Waals surface area contributed by atoms with E-state index in [9.17, 15) is 4.79 Å². The molecule has 0 saturated heterocycles. The lowest BCUT2D eigenvalue weighted by Crippen LogP contribution is -1.85. The van der Waals surface area contributed by atoms with Crippen LogP contribution in [0.4, 0.5) is 0 Å². The number of hydrogen-bond donors (Lipinski definition) is 1. The Kier molecular flexibility index (Phi) is 3.96. The number of rotatable bonds is 3. The summed E-state index contributed by atoms with van der Waals surface area (Å²) in [6.45, 7) is 5.12. The minimum absolute atomic E-state index is 0.0897. The lowest BCUT2D eigenvalue weighted by atomic mass is 10.2. The first kappa shape index (κ1) is 8.69. The monoisotopic (exact) mass is 138 g/mol. The number of aliphatic hydroxyl groups is 1. The Morgan fingerprint density at radius 3 is 2.60 bits per heavy atom. The molecule has 2 heteroatoms. The van der Waals surface area contributed by atoms with Crippen molar-refractivity contribution in [3.05, 3.63) is 36.1 Å². The summed E-state index contributed by atoms with van der Waals surface area (Å²) in [5.74, 6) is -0.0897. The minimum Gasteiger partial charge on any atom is -0.507 e. The molecule has 0 unspecified atom stereocenters. The van der Waals surface area contributed by atoms with E-state index in [-0.39, 0.29) is 11.3 Å². The Bertz CT molecular complexity index is 187. The van der Waals surface area contributed by atoms with E-state index in [0.717, 1.165) is 0 Å². The molecule has 0 radical (unpaired) electrons. The number of allylic oxidation sites excluding steroid dienone is 4. The highest BCUT2D eigenvalue weighted by Gasteiger charge is 1.93. The summed E-state index contributed by atoms with van der Waals surface area (Å²) in [6.07, 6.45) is 5.30. The zero-order valence-electron chi connectivity index (χ0n) is 5.87. The Morgan fingerprint density at radius 2 is 2.20 bits per heavy atom. The summed E-state index contributed by atoms with van der Waals surface area (Å²) in [5.41, 5.74) is 0.0955. The van der Waals surface area contributed by atoms with Crippen LogP contribution in [-0.4, -0.2) is 11.4 Å².